The van der Waals surface area contributed by atoms with E-state index in [1.807, 2.05) is 25.1 Å². The van der Waals surface area contributed by atoms with Crippen LogP contribution in [0.1, 0.15) is 29.8 Å². The summed E-state index contributed by atoms with van der Waals surface area (Å²) in [4.78, 5) is 15.1. The molecule has 1 heterocycles. The molecule has 3 rings (SSSR count). The van der Waals surface area contributed by atoms with Crippen LogP contribution < -0.4 is 15.8 Å². The first-order valence-corrected chi connectivity index (χ1v) is 10.2. The summed E-state index contributed by atoms with van der Waals surface area (Å²) in [6, 6.07) is 13.8. The number of ether oxygens (including phenoxy) is 2. The van der Waals surface area contributed by atoms with E-state index in [2.05, 4.69) is 29.3 Å². The first-order valence-electron chi connectivity index (χ1n) is 9.87. The second-order valence-corrected chi connectivity index (χ2v) is 7.64. The largest absolute Gasteiger partial charge is 0.493 e. The van der Waals surface area contributed by atoms with E-state index in [1.54, 1.807) is 12.1 Å². The van der Waals surface area contributed by atoms with Gasteiger partial charge in [-0.15, -0.1) is 0 Å². The van der Waals surface area contributed by atoms with Gasteiger partial charge in [-0.3, -0.25) is 9.69 Å². The van der Waals surface area contributed by atoms with Crippen molar-refractivity contribution in [1.29, 1.82) is 0 Å². The zero-order chi connectivity index (χ0) is 20.8. The second-order valence-electron chi connectivity index (χ2n) is 7.23. The van der Waals surface area contributed by atoms with Gasteiger partial charge < -0.3 is 20.5 Å². The van der Waals surface area contributed by atoms with Gasteiger partial charge in [0.05, 0.1) is 35.6 Å². The minimum absolute atomic E-state index is 0.0846. The predicted molar refractivity (Wildman–Crippen MR) is 115 cm³/mol. The Morgan fingerprint density at radius 2 is 2.10 bits per heavy atom. The van der Waals surface area contributed by atoms with Crippen molar-refractivity contribution in [1.82, 2.24) is 10.2 Å². The van der Waals surface area contributed by atoms with Crippen molar-refractivity contribution in [3.05, 3.63) is 58.6 Å². The number of hydrogen-bond donors (Lipinski definition) is 2. The Bertz CT molecular complexity index is 832. The number of rotatable bonds is 7. The first kappa shape index (κ1) is 21.4. The van der Waals surface area contributed by atoms with Crippen LogP contribution in [0.2, 0.25) is 5.02 Å². The molecule has 2 atom stereocenters. The minimum atomic E-state index is -0.257. The molecule has 1 amide bonds. The van der Waals surface area contributed by atoms with E-state index in [-0.39, 0.29) is 12.0 Å². The van der Waals surface area contributed by atoms with Crippen molar-refractivity contribution in [2.75, 3.05) is 32.0 Å². The van der Waals surface area contributed by atoms with E-state index in [4.69, 9.17) is 26.8 Å². The van der Waals surface area contributed by atoms with Crippen molar-refractivity contribution >= 4 is 23.2 Å². The Labute approximate surface area is 176 Å². The Morgan fingerprint density at radius 1 is 1.34 bits per heavy atom. The molecule has 3 N–H and O–H groups in total. The second kappa shape index (κ2) is 9.96. The summed E-state index contributed by atoms with van der Waals surface area (Å²) in [6.07, 6.45) is -0.0846. The van der Waals surface area contributed by atoms with E-state index in [9.17, 15) is 4.79 Å². The van der Waals surface area contributed by atoms with Crippen molar-refractivity contribution in [2.24, 2.45) is 0 Å². The quantitative estimate of drug-likeness (QED) is 0.675. The summed E-state index contributed by atoms with van der Waals surface area (Å²) in [6.45, 7) is 7.08. The number of halogens is 1. The van der Waals surface area contributed by atoms with Gasteiger partial charge in [-0.05, 0) is 25.5 Å². The highest BCUT2D eigenvalue weighted by Crippen LogP contribution is 2.29. The molecule has 0 aliphatic carbocycles. The molecule has 2 aromatic carbocycles. The number of anilines is 1. The Balaban J connectivity index is 1.61. The lowest BCUT2D eigenvalue weighted by atomic mass is 10.1. The van der Waals surface area contributed by atoms with Crippen LogP contribution in [0.25, 0.3) is 0 Å². The number of carbonyl (C=O) groups excluding carboxylic acids is 1. The molecule has 156 valence electrons. The van der Waals surface area contributed by atoms with Crippen LogP contribution in [0, 0.1) is 0 Å². The van der Waals surface area contributed by atoms with E-state index in [0.29, 0.717) is 47.8 Å². The maximum atomic E-state index is 12.7. The molecular weight excluding hydrogens is 390 g/mol. The summed E-state index contributed by atoms with van der Waals surface area (Å²) in [7, 11) is 0. The van der Waals surface area contributed by atoms with Gasteiger partial charge in [0.2, 0.25) is 0 Å². The highest BCUT2D eigenvalue weighted by atomic mass is 35.5. The fourth-order valence-electron chi connectivity index (χ4n) is 3.36. The number of morpholine rings is 1. The molecule has 0 bridgehead atoms. The van der Waals surface area contributed by atoms with E-state index in [1.165, 1.54) is 5.56 Å². The molecule has 1 aliphatic rings. The van der Waals surface area contributed by atoms with Crippen LogP contribution in [0.3, 0.4) is 0 Å². The third kappa shape index (κ3) is 5.63. The zero-order valence-electron chi connectivity index (χ0n) is 16.9. The number of nitrogens with zero attached hydrogens (tertiary/aromatic N) is 1. The maximum absolute atomic E-state index is 12.7. The molecule has 29 heavy (non-hydrogen) atoms. The molecule has 1 aliphatic heterocycles. The summed E-state index contributed by atoms with van der Waals surface area (Å²) in [5.41, 5.74) is 7.85. The standard InChI is InChI=1S/C22H28ClN3O3/c1-3-28-21-10-20(24)19(23)9-18(21)22(27)25-11-17-13-26(15(2)14-29-17)12-16-7-5-4-6-8-16/h4-10,15,17H,3,11-14,24H2,1-2H3,(H,25,27)/t15-,17+/m0/s1. The van der Waals surface area contributed by atoms with Crippen molar-refractivity contribution in [3.63, 3.8) is 0 Å². The number of carbonyl (C=O) groups is 1. The van der Waals surface area contributed by atoms with Crippen LogP contribution >= 0.6 is 11.6 Å². The summed E-state index contributed by atoms with van der Waals surface area (Å²) in [5, 5.41) is 3.27. The molecule has 0 spiro atoms. The Kier molecular flexibility index (Phi) is 7.36. The summed E-state index contributed by atoms with van der Waals surface area (Å²) in [5.74, 6) is 0.169. The minimum Gasteiger partial charge on any atom is -0.493 e. The summed E-state index contributed by atoms with van der Waals surface area (Å²) >= 11 is 6.10. The number of nitrogens with one attached hydrogen (secondary N) is 1. The van der Waals surface area contributed by atoms with Crippen LogP contribution in [0.4, 0.5) is 5.69 Å². The van der Waals surface area contributed by atoms with E-state index < -0.39 is 0 Å². The number of amides is 1. The summed E-state index contributed by atoms with van der Waals surface area (Å²) < 4.78 is 11.5. The number of nitrogens with two attached hydrogens (primary N) is 1. The molecular formula is C22H28ClN3O3. The zero-order valence-corrected chi connectivity index (χ0v) is 17.6. The molecule has 1 fully saturated rings. The van der Waals surface area contributed by atoms with Crippen LogP contribution in [0.5, 0.6) is 5.75 Å². The fraction of sp³-hybridized carbons (Fsp3) is 0.409. The Morgan fingerprint density at radius 3 is 2.83 bits per heavy atom. The molecule has 6 nitrogen and oxygen atoms in total. The highest BCUT2D eigenvalue weighted by Gasteiger charge is 2.27. The van der Waals surface area contributed by atoms with E-state index in [0.717, 1.165) is 13.1 Å². The maximum Gasteiger partial charge on any atom is 0.255 e. The predicted octanol–water partition coefficient (Wildman–Crippen LogP) is 3.34. The van der Waals surface area contributed by atoms with Gasteiger partial charge in [0, 0.05) is 31.7 Å². The normalized spacial score (nSPS) is 19.7. The third-order valence-corrected chi connectivity index (χ3v) is 5.32. The van der Waals surface area contributed by atoms with Gasteiger partial charge in [-0.1, -0.05) is 41.9 Å². The molecule has 0 radical (unpaired) electrons. The van der Waals surface area contributed by atoms with Gasteiger partial charge in [-0.2, -0.15) is 0 Å². The number of hydrogen-bond acceptors (Lipinski definition) is 5. The average Bonchev–Trinajstić information content (AvgIpc) is 2.72. The SMILES string of the molecule is CCOc1cc(N)c(Cl)cc1C(=O)NC[C@@H]1CN(Cc2ccccc2)[C@@H](C)CO1. The lowest BCUT2D eigenvalue weighted by molar-refractivity contribution is -0.0592. The van der Waals surface area contributed by atoms with Crippen molar-refractivity contribution < 1.29 is 14.3 Å². The lowest BCUT2D eigenvalue weighted by Crippen LogP contribution is -2.51. The van der Waals surface area contributed by atoms with Crippen molar-refractivity contribution in [2.45, 2.75) is 32.5 Å². The third-order valence-electron chi connectivity index (χ3n) is 5.00. The van der Waals surface area contributed by atoms with Gasteiger partial charge in [0.15, 0.2) is 0 Å². The first-order chi connectivity index (χ1) is 14.0. The average molecular weight is 418 g/mol. The van der Waals surface area contributed by atoms with Crippen LogP contribution in [0.15, 0.2) is 42.5 Å². The molecule has 0 unspecified atom stereocenters. The monoisotopic (exact) mass is 417 g/mol. The van der Waals surface area contributed by atoms with Crippen LogP contribution in [-0.2, 0) is 11.3 Å². The molecule has 0 aromatic heterocycles. The van der Waals surface area contributed by atoms with Gasteiger partial charge in [-0.25, -0.2) is 0 Å². The molecule has 7 heteroatoms. The van der Waals surface area contributed by atoms with Gasteiger partial charge in [0.1, 0.15) is 5.75 Å². The Hall–Kier alpha value is -2.28. The molecule has 0 saturated carbocycles. The van der Waals surface area contributed by atoms with Crippen molar-refractivity contribution in [3.8, 4) is 5.75 Å². The lowest BCUT2D eigenvalue weighted by Gasteiger charge is -2.38. The van der Waals surface area contributed by atoms with Crippen LogP contribution in [-0.4, -0.2) is 49.3 Å². The fourth-order valence-corrected chi connectivity index (χ4v) is 3.52. The number of benzene rings is 2. The van der Waals surface area contributed by atoms with Gasteiger partial charge >= 0.3 is 0 Å². The highest BCUT2D eigenvalue weighted by molar-refractivity contribution is 6.33. The van der Waals surface area contributed by atoms with E-state index >= 15 is 0 Å². The van der Waals surface area contributed by atoms with Gasteiger partial charge in [0.25, 0.3) is 5.91 Å². The number of nitrogen functional groups attached to an aromatic ring is 1. The topological polar surface area (TPSA) is 76.8 Å². The molecule has 1 saturated heterocycles. The molecule has 2 aromatic rings. The smallest absolute Gasteiger partial charge is 0.255 e.